The van der Waals surface area contributed by atoms with Crippen LogP contribution in [-0.2, 0) is 29.2 Å². The van der Waals surface area contributed by atoms with Crippen LogP contribution in [-0.4, -0.2) is 43.9 Å². The van der Waals surface area contributed by atoms with E-state index in [0.717, 1.165) is 22.4 Å². The molecule has 1 aromatic heterocycles. The van der Waals surface area contributed by atoms with Crippen LogP contribution in [0.1, 0.15) is 41.6 Å². The molecule has 208 valence electrons. The Hall–Kier alpha value is -4.85. The van der Waals surface area contributed by atoms with E-state index in [9.17, 15) is 14.7 Å². The predicted molar refractivity (Wildman–Crippen MR) is 153 cm³/mol. The minimum atomic E-state index is -0.732. The number of benzene rings is 3. The largest absolute Gasteiger partial charge is 0.507 e. The number of aliphatic hydroxyl groups excluding tert-OH is 1. The van der Waals surface area contributed by atoms with E-state index in [1.165, 1.54) is 0 Å². The number of ketones is 1. The maximum Gasteiger partial charge on any atom is 0.295 e. The fraction of sp³-hybridized carbons (Fsp3) is 0.242. The van der Waals surface area contributed by atoms with Crippen molar-refractivity contribution in [3.05, 3.63) is 119 Å². The molecule has 3 heterocycles. The Balaban J connectivity index is 1.31. The maximum absolute atomic E-state index is 13.4. The molecule has 1 N–H and O–H groups in total. The molecular formula is C33H31N3O5. The summed E-state index contributed by atoms with van der Waals surface area (Å²) in [7, 11) is 0. The zero-order chi connectivity index (χ0) is 28.3. The topological polar surface area (TPSA) is 93.9 Å². The summed E-state index contributed by atoms with van der Waals surface area (Å²) in [5, 5.41) is 11.5. The summed E-state index contributed by atoms with van der Waals surface area (Å²) in [6, 6.07) is 21.9. The number of aromatic nitrogens is 2. The predicted octanol–water partition coefficient (Wildman–Crippen LogP) is 5.30. The first-order valence-corrected chi connectivity index (χ1v) is 13.8. The summed E-state index contributed by atoms with van der Waals surface area (Å²) in [6.45, 7) is 3.40. The van der Waals surface area contributed by atoms with Gasteiger partial charge in [0.15, 0.2) is 0 Å². The van der Waals surface area contributed by atoms with Gasteiger partial charge in [-0.05, 0) is 60.4 Å². The van der Waals surface area contributed by atoms with Gasteiger partial charge in [0.25, 0.3) is 11.7 Å². The number of aliphatic hydroxyl groups is 1. The summed E-state index contributed by atoms with van der Waals surface area (Å²) in [6.07, 6.45) is 6.66. The van der Waals surface area contributed by atoms with E-state index in [0.29, 0.717) is 43.9 Å². The number of aryl methyl sites for hydroxylation is 1. The maximum atomic E-state index is 13.4. The highest BCUT2D eigenvalue weighted by molar-refractivity contribution is 6.46. The lowest BCUT2D eigenvalue weighted by Gasteiger charge is -2.25. The number of rotatable bonds is 9. The minimum Gasteiger partial charge on any atom is -0.507 e. The average Bonchev–Trinajstić information content (AvgIpc) is 3.71. The van der Waals surface area contributed by atoms with Crippen LogP contribution >= 0.6 is 0 Å². The molecule has 1 fully saturated rings. The normalized spacial score (nSPS) is 19.3. The highest BCUT2D eigenvalue weighted by Crippen LogP contribution is 2.41. The first kappa shape index (κ1) is 26.4. The first-order chi connectivity index (χ1) is 20.0. The van der Waals surface area contributed by atoms with E-state index in [-0.39, 0.29) is 17.4 Å². The highest BCUT2D eigenvalue weighted by Gasteiger charge is 2.45. The fourth-order valence-electron chi connectivity index (χ4n) is 5.51. The van der Waals surface area contributed by atoms with E-state index in [1.807, 2.05) is 84.4 Å². The van der Waals surface area contributed by atoms with E-state index in [1.54, 1.807) is 23.5 Å². The van der Waals surface area contributed by atoms with Crippen LogP contribution in [0.5, 0.6) is 11.5 Å². The minimum absolute atomic E-state index is 0.0473. The van der Waals surface area contributed by atoms with Crippen LogP contribution < -0.4 is 9.47 Å². The molecule has 0 spiro atoms. The SMILES string of the molecule is C[C@H]1Cc2cc(C(O)=C3C(=O)C(=O)N(CCCn4ccnc4)[C@@H]3c3ccc(OCc4ccccc4)cc3)ccc2O1. The molecule has 0 unspecified atom stereocenters. The van der Waals surface area contributed by atoms with Crippen LogP contribution in [0.25, 0.3) is 5.76 Å². The van der Waals surface area contributed by atoms with Gasteiger partial charge in [-0.25, -0.2) is 4.98 Å². The number of carbonyl (C=O) groups excluding carboxylic acids is 2. The highest BCUT2D eigenvalue weighted by atomic mass is 16.5. The van der Waals surface area contributed by atoms with Gasteiger partial charge in [0.05, 0.1) is 17.9 Å². The van der Waals surface area contributed by atoms with Gasteiger partial charge in [-0.2, -0.15) is 0 Å². The quantitative estimate of drug-likeness (QED) is 0.173. The lowest BCUT2D eigenvalue weighted by Crippen LogP contribution is -2.31. The van der Waals surface area contributed by atoms with E-state index < -0.39 is 17.7 Å². The third-order valence-electron chi connectivity index (χ3n) is 7.53. The second-order valence-corrected chi connectivity index (χ2v) is 10.4. The van der Waals surface area contributed by atoms with Gasteiger partial charge in [-0.1, -0.05) is 42.5 Å². The number of nitrogens with zero attached hydrogens (tertiary/aromatic N) is 3. The number of fused-ring (bicyclic) bond motifs is 1. The molecule has 2 aliphatic rings. The van der Waals surface area contributed by atoms with E-state index in [4.69, 9.17) is 9.47 Å². The van der Waals surface area contributed by atoms with Crippen molar-refractivity contribution in [3.63, 3.8) is 0 Å². The van der Waals surface area contributed by atoms with Crippen molar-refractivity contribution >= 4 is 17.4 Å². The van der Waals surface area contributed by atoms with E-state index >= 15 is 0 Å². The number of Topliss-reactive ketones (excluding diaryl/α,β-unsaturated/α-hetero) is 1. The van der Waals surface area contributed by atoms with Gasteiger partial charge in [-0.3, -0.25) is 9.59 Å². The molecule has 8 nitrogen and oxygen atoms in total. The van der Waals surface area contributed by atoms with Gasteiger partial charge in [0.2, 0.25) is 0 Å². The Morgan fingerprint density at radius 2 is 1.85 bits per heavy atom. The van der Waals surface area contributed by atoms with Gasteiger partial charge in [-0.15, -0.1) is 0 Å². The molecule has 1 saturated heterocycles. The van der Waals surface area contributed by atoms with Crippen molar-refractivity contribution in [2.75, 3.05) is 6.54 Å². The second kappa shape index (κ2) is 11.3. The molecule has 0 bridgehead atoms. The van der Waals surface area contributed by atoms with Crippen LogP contribution in [0.2, 0.25) is 0 Å². The number of carbonyl (C=O) groups is 2. The van der Waals surface area contributed by atoms with Crippen LogP contribution in [0.15, 0.2) is 97.1 Å². The molecule has 0 saturated carbocycles. The Bertz CT molecular complexity index is 1580. The number of hydrogen-bond donors (Lipinski definition) is 1. The number of imidazole rings is 1. The molecule has 0 radical (unpaired) electrons. The Morgan fingerprint density at radius 3 is 2.61 bits per heavy atom. The van der Waals surface area contributed by atoms with Crippen LogP contribution in [0.4, 0.5) is 0 Å². The summed E-state index contributed by atoms with van der Waals surface area (Å²) in [5.41, 5.74) is 3.32. The van der Waals surface area contributed by atoms with Crippen LogP contribution in [0.3, 0.4) is 0 Å². The van der Waals surface area contributed by atoms with Gasteiger partial charge >= 0.3 is 0 Å². The van der Waals surface area contributed by atoms with Crippen molar-refractivity contribution in [1.29, 1.82) is 0 Å². The zero-order valence-corrected chi connectivity index (χ0v) is 22.8. The van der Waals surface area contributed by atoms with Crippen molar-refractivity contribution in [3.8, 4) is 11.5 Å². The lowest BCUT2D eigenvalue weighted by molar-refractivity contribution is -0.139. The smallest absolute Gasteiger partial charge is 0.295 e. The molecule has 2 atom stereocenters. The standard InChI is InChI=1S/C33H31N3O5/c1-22-18-26-19-25(10-13-28(26)41-22)31(37)29-30(36(33(39)32(29)38)16-5-15-35-17-14-34-21-35)24-8-11-27(12-9-24)40-20-23-6-3-2-4-7-23/h2-4,6-14,17,19,21-22,30,37H,5,15-16,18,20H2,1H3/t22-,30+/m0/s1. The summed E-state index contributed by atoms with van der Waals surface area (Å²) < 4.78 is 13.7. The Kier molecular flexibility index (Phi) is 7.29. The third-order valence-corrected chi connectivity index (χ3v) is 7.53. The molecule has 4 aromatic rings. The van der Waals surface area contributed by atoms with Crippen molar-refractivity contribution in [2.45, 2.75) is 45.1 Å². The van der Waals surface area contributed by atoms with Gasteiger partial charge in [0.1, 0.15) is 30.0 Å². The molecule has 1 amide bonds. The average molecular weight is 550 g/mol. The molecule has 8 heteroatoms. The number of hydrogen-bond acceptors (Lipinski definition) is 6. The zero-order valence-electron chi connectivity index (χ0n) is 22.8. The summed E-state index contributed by atoms with van der Waals surface area (Å²) in [5.74, 6) is -0.0504. The number of amides is 1. The molecule has 41 heavy (non-hydrogen) atoms. The molecule has 3 aromatic carbocycles. The van der Waals surface area contributed by atoms with Gasteiger partial charge < -0.3 is 24.0 Å². The Morgan fingerprint density at radius 1 is 1.05 bits per heavy atom. The molecular weight excluding hydrogens is 518 g/mol. The summed E-state index contributed by atoms with van der Waals surface area (Å²) in [4.78, 5) is 32.4. The lowest BCUT2D eigenvalue weighted by atomic mass is 9.94. The molecule has 6 rings (SSSR count). The molecule has 0 aliphatic carbocycles. The monoisotopic (exact) mass is 549 g/mol. The van der Waals surface area contributed by atoms with E-state index in [2.05, 4.69) is 4.98 Å². The summed E-state index contributed by atoms with van der Waals surface area (Å²) >= 11 is 0. The first-order valence-electron chi connectivity index (χ1n) is 13.8. The van der Waals surface area contributed by atoms with Gasteiger partial charge in [0, 0.05) is 37.5 Å². The van der Waals surface area contributed by atoms with Crippen molar-refractivity contribution in [1.82, 2.24) is 14.5 Å². The number of ether oxygens (including phenoxy) is 2. The number of likely N-dealkylation sites (tertiary alicyclic amines) is 1. The fourth-order valence-corrected chi connectivity index (χ4v) is 5.51. The Labute approximate surface area is 238 Å². The third kappa shape index (κ3) is 5.45. The van der Waals surface area contributed by atoms with Crippen molar-refractivity contribution < 1.29 is 24.2 Å². The second-order valence-electron chi connectivity index (χ2n) is 10.4. The van der Waals surface area contributed by atoms with Crippen molar-refractivity contribution in [2.24, 2.45) is 0 Å². The molecule has 2 aliphatic heterocycles. The van der Waals surface area contributed by atoms with Crippen LogP contribution in [0, 0.1) is 0 Å².